The molecule has 0 radical (unpaired) electrons. The van der Waals surface area contributed by atoms with Crippen LogP contribution in [-0.2, 0) is 11.4 Å². The minimum atomic E-state index is -0.360. The first-order chi connectivity index (χ1) is 13.5. The molecule has 3 rings (SSSR count). The zero-order chi connectivity index (χ0) is 19.9. The zero-order valence-corrected chi connectivity index (χ0v) is 16.9. The van der Waals surface area contributed by atoms with Crippen LogP contribution < -0.4 is 10.1 Å². The van der Waals surface area contributed by atoms with Crippen LogP contribution in [0.4, 0.5) is 5.69 Å². The van der Waals surface area contributed by atoms with Gasteiger partial charge in [-0.3, -0.25) is 4.79 Å². The highest BCUT2D eigenvalue weighted by Crippen LogP contribution is 2.33. The summed E-state index contributed by atoms with van der Waals surface area (Å²) < 4.78 is 5.80. The van der Waals surface area contributed by atoms with Crippen molar-refractivity contribution >= 4 is 52.5 Å². The van der Waals surface area contributed by atoms with Crippen LogP contribution in [0.5, 0.6) is 5.75 Å². The summed E-state index contributed by atoms with van der Waals surface area (Å²) in [6.07, 6.45) is 3.08. The lowest BCUT2D eigenvalue weighted by Gasteiger charge is -2.08. The third kappa shape index (κ3) is 5.77. The van der Waals surface area contributed by atoms with Gasteiger partial charge in [0.2, 0.25) is 5.91 Å². The van der Waals surface area contributed by atoms with Crippen LogP contribution in [0.15, 0.2) is 72.8 Å². The van der Waals surface area contributed by atoms with Gasteiger partial charge in [-0.05, 0) is 41.5 Å². The minimum absolute atomic E-state index is 0.274. The SMILES string of the molecule is O=C(/C=C/c1cccc(OCc2ccccc2)c1)Nc1c(Cl)cc(Cl)cc1Cl. The van der Waals surface area contributed by atoms with Crippen LogP contribution in [0, 0.1) is 0 Å². The molecule has 0 bridgehead atoms. The molecule has 0 heterocycles. The number of halogens is 3. The van der Waals surface area contributed by atoms with Crippen LogP contribution >= 0.6 is 34.8 Å². The van der Waals surface area contributed by atoms with Gasteiger partial charge in [-0.15, -0.1) is 0 Å². The number of hydrogen-bond acceptors (Lipinski definition) is 2. The quantitative estimate of drug-likeness (QED) is 0.431. The lowest BCUT2D eigenvalue weighted by atomic mass is 10.2. The molecule has 0 aromatic heterocycles. The van der Waals surface area contributed by atoms with Gasteiger partial charge in [0.15, 0.2) is 0 Å². The maximum atomic E-state index is 12.2. The minimum Gasteiger partial charge on any atom is -0.489 e. The topological polar surface area (TPSA) is 38.3 Å². The Labute approximate surface area is 178 Å². The van der Waals surface area contributed by atoms with Crippen LogP contribution in [0.3, 0.4) is 0 Å². The number of amides is 1. The first-order valence-electron chi connectivity index (χ1n) is 8.41. The highest BCUT2D eigenvalue weighted by molar-refractivity contribution is 6.42. The Morgan fingerprint density at radius 3 is 2.36 bits per heavy atom. The van der Waals surface area contributed by atoms with E-state index in [0.717, 1.165) is 16.9 Å². The second-order valence-corrected chi connectivity index (χ2v) is 7.16. The normalized spacial score (nSPS) is 10.8. The van der Waals surface area contributed by atoms with E-state index >= 15 is 0 Å². The van der Waals surface area contributed by atoms with Gasteiger partial charge in [0.25, 0.3) is 0 Å². The summed E-state index contributed by atoms with van der Waals surface area (Å²) in [6.45, 7) is 0.474. The van der Waals surface area contributed by atoms with Gasteiger partial charge < -0.3 is 10.1 Å². The van der Waals surface area contributed by atoms with Crippen molar-refractivity contribution in [3.63, 3.8) is 0 Å². The molecule has 1 N–H and O–H groups in total. The van der Waals surface area contributed by atoms with E-state index in [0.29, 0.717) is 17.3 Å². The summed E-state index contributed by atoms with van der Waals surface area (Å²) in [5, 5.41) is 3.60. The first kappa shape index (κ1) is 20.3. The van der Waals surface area contributed by atoms with E-state index in [1.165, 1.54) is 18.2 Å². The Balaban J connectivity index is 1.63. The Morgan fingerprint density at radius 1 is 0.929 bits per heavy atom. The molecule has 1 amide bonds. The second kappa shape index (κ2) is 9.65. The van der Waals surface area contributed by atoms with E-state index in [1.807, 2.05) is 54.6 Å². The van der Waals surface area contributed by atoms with Crippen molar-refractivity contribution in [2.45, 2.75) is 6.61 Å². The third-order valence-corrected chi connectivity index (χ3v) is 4.60. The summed E-state index contributed by atoms with van der Waals surface area (Å²) in [6, 6.07) is 20.4. The van der Waals surface area contributed by atoms with E-state index in [-0.39, 0.29) is 16.0 Å². The van der Waals surface area contributed by atoms with Crippen molar-refractivity contribution in [3.05, 3.63) is 99.0 Å². The summed E-state index contributed by atoms with van der Waals surface area (Å²) >= 11 is 18.0. The number of hydrogen-bond donors (Lipinski definition) is 1. The molecule has 28 heavy (non-hydrogen) atoms. The van der Waals surface area contributed by atoms with E-state index in [4.69, 9.17) is 39.5 Å². The molecule has 0 aliphatic carbocycles. The van der Waals surface area contributed by atoms with E-state index in [1.54, 1.807) is 6.08 Å². The summed E-state index contributed by atoms with van der Waals surface area (Å²) in [4.78, 5) is 12.2. The monoisotopic (exact) mass is 431 g/mol. The van der Waals surface area contributed by atoms with Crippen LogP contribution in [-0.4, -0.2) is 5.91 Å². The largest absolute Gasteiger partial charge is 0.489 e. The van der Waals surface area contributed by atoms with Crippen LogP contribution in [0.2, 0.25) is 15.1 Å². The predicted octanol–water partition coefficient (Wildman–Crippen LogP) is 6.88. The predicted molar refractivity (Wildman–Crippen MR) is 116 cm³/mol. The Hall–Kier alpha value is -2.46. The number of anilines is 1. The number of ether oxygens (including phenoxy) is 1. The van der Waals surface area contributed by atoms with Crippen molar-refractivity contribution < 1.29 is 9.53 Å². The average Bonchev–Trinajstić information content (AvgIpc) is 2.69. The molecule has 0 aliphatic rings. The maximum Gasteiger partial charge on any atom is 0.248 e. The van der Waals surface area contributed by atoms with Gasteiger partial charge in [0.1, 0.15) is 12.4 Å². The Morgan fingerprint density at radius 2 is 1.64 bits per heavy atom. The summed E-state index contributed by atoms with van der Waals surface area (Å²) in [5.74, 6) is 0.358. The third-order valence-electron chi connectivity index (χ3n) is 3.79. The molecule has 0 saturated carbocycles. The maximum absolute atomic E-state index is 12.2. The molecule has 3 nitrogen and oxygen atoms in total. The molecule has 142 valence electrons. The molecular weight excluding hydrogens is 417 g/mol. The van der Waals surface area contributed by atoms with Crippen molar-refractivity contribution in [3.8, 4) is 5.75 Å². The smallest absolute Gasteiger partial charge is 0.248 e. The lowest BCUT2D eigenvalue weighted by molar-refractivity contribution is -0.111. The number of carbonyl (C=O) groups excluding carboxylic acids is 1. The molecule has 0 aliphatic heterocycles. The fourth-order valence-corrected chi connectivity index (χ4v) is 3.36. The fourth-order valence-electron chi connectivity index (χ4n) is 2.45. The molecule has 0 fully saturated rings. The Bertz CT molecular complexity index is 981. The van der Waals surface area contributed by atoms with E-state index < -0.39 is 0 Å². The summed E-state index contributed by atoms with van der Waals surface area (Å²) in [5.41, 5.74) is 2.23. The van der Waals surface area contributed by atoms with Gasteiger partial charge >= 0.3 is 0 Å². The molecule has 0 saturated heterocycles. The van der Waals surface area contributed by atoms with Gasteiger partial charge in [0, 0.05) is 11.1 Å². The van der Waals surface area contributed by atoms with Crippen molar-refractivity contribution in [1.29, 1.82) is 0 Å². The first-order valence-corrected chi connectivity index (χ1v) is 9.55. The molecule has 0 spiro atoms. The van der Waals surface area contributed by atoms with Crippen molar-refractivity contribution in [2.75, 3.05) is 5.32 Å². The number of rotatable bonds is 6. The molecule has 0 atom stereocenters. The lowest BCUT2D eigenvalue weighted by Crippen LogP contribution is -2.08. The van der Waals surface area contributed by atoms with Crippen LogP contribution in [0.1, 0.15) is 11.1 Å². The fraction of sp³-hybridized carbons (Fsp3) is 0.0455. The molecule has 6 heteroatoms. The number of benzene rings is 3. The van der Waals surface area contributed by atoms with Gasteiger partial charge in [-0.25, -0.2) is 0 Å². The average molecular weight is 433 g/mol. The van der Waals surface area contributed by atoms with Gasteiger partial charge in [-0.1, -0.05) is 77.3 Å². The van der Waals surface area contributed by atoms with E-state index in [9.17, 15) is 4.79 Å². The molecular formula is C22H16Cl3NO2. The molecule has 3 aromatic rings. The standard InChI is InChI=1S/C22H16Cl3NO2/c23-17-12-19(24)22(20(25)13-17)26-21(27)10-9-15-7-4-8-18(11-15)28-14-16-5-2-1-3-6-16/h1-13H,14H2,(H,26,27)/b10-9+. The van der Waals surface area contributed by atoms with Crippen LogP contribution in [0.25, 0.3) is 6.08 Å². The van der Waals surface area contributed by atoms with E-state index in [2.05, 4.69) is 5.32 Å². The van der Waals surface area contributed by atoms with Crippen molar-refractivity contribution in [1.82, 2.24) is 0 Å². The highest BCUT2D eigenvalue weighted by Gasteiger charge is 2.09. The Kier molecular flexibility index (Phi) is 6.99. The van der Waals surface area contributed by atoms with Crippen molar-refractivity contribution in [2.24, 2.45) is 0 Å². The zero-order valence-electron chi connectivity index (χ0n) is 14.7. The number of nitrogens with one attached hydrogen (secondary N) is 1. The molecule has 0 unspecified atom stereocenters. The molecule has 3 aromatic carbocycles. The number of carbonyl (C=O) groups is 1. The summed E-state index contributed by atoms with van der Waals surface area (Å²) in [7, 11) is 0. The second-order valence-electron chi connectivity index (χ2n) is 5.91. The van der Waals surface area contributed by atoms with Gasteiger partial charge in [-0.2, -0.15) is 0 Å². The highest BCUT2D eigenvalue weighted by atomic mass is 35.5. The van der Waals surface area contributed by atoms with Gasteiger partial charge in [0.05, 0.1) is 15.7 Å².